The summed E-state index contributed by atoms with van der Waals surface area (Å²) in [5, 5.41) is 3.73. The Balaban J connectivity index is 3.37. The highest BCUT2D eigenvalue weighted by Crippen LogP contribution is 2.00. The van der Waals surface area contributed by atoms with Crippen LogP contribution in [0.5, 0.6) is 0 Å². The van der Waals surface area contributed by atoms with Crippen molar-refractivity contribution in [2.24, 2.45) is 0 Å². The third-order valence-corrected chi connectivity index (χ3v) is 1.77. The Morgan fingerprint density at radius 3 is 2.82 bits per heavy atom. The van der Waals surface area contributed by atoms with E-state index in [-0.39, 0.29) is 0 Å². The number of hydrogen-bond donors (Lipinski definition) is 1. The lowest BCUT2D eigenvalue weighted by atomic mass is 10.3. The number of methoxy groups -OCH3 is 1. The van der Waals surface area contributed by atoms with Gasteiger partial charge in [-0.05, 0) is 6.92 Å². The van der Waals surface area contributed by atoms with E-state index in [4.69, 9.17) is 27.9 Å². The predicted octanol–water partition coefficient (Wildman–Crippen LogP) is 1.93. The van der Waals surface area contributed by atoms with Gasteiger partial charge in [-0.15, -0.1) is 0 Å². The first kappa shape index (κ1) is 11.2. The van der Waals surface area contributed by atoms with E-state index in [1.165, 1.54) is 5.54 Å². The Morgan fingerprint density at radius 1 is 1.73 bits per heavy atom. The van der Waals surface area contributed by atoms with Crippen molar-refractivity contribution in [2.45, 2.75) is 13.0 Å². The van der Waals surface area contributed by atoms with Crippen LogP contribution in [0.3, 0.4) is 0 Å². The summed E-state index contributed by atoms with van der Waals surface area (Å²) >= 11 is 11.0. The van der Waals surface area contributed by atoms with Crippen molar-refractivity contribution < 1.29 is 4.74 Å². The van der Waals surface area contributed by atoms with Gasteiger partial charge in [-0.25, -0.2) is 0 Å². The number of hydrogen-bond acceptors (Lipinski definition) is 2. The van der Waals surface area contributed by atoms with Crippen molar-refractivity contribution in [1.82, 2.24) is 5.32 Å². The molecule has 4 heteroatoms. The molecule has 0 saturated heterocycles. The summed E-state index contributed by atoms with van der Waals surface area (Å²) in [6.07, 6.45) is 0. The highest BCUT2D eigenvalue weighted by Gasteiger charge is 1.99. The standard InChI is InChI=1S/C7H13Cl2NO/c1-6(5-11-2)10-4-7(9)3-8/h3,6,10H,4-5H2,1-2H3. The summed E-state index contributed by atoms with van der Waals surface area (Å²) in [6.45, 7) is 3.28. The van der Waals surface area contributed by atoms with Gasteiger partial charge in [0.2, 0.25) is 0 Å². The quantitative estimate of drug-likeness (QED) is 0.728. The molecule has 0 aromatic carbocycles. The lowest BCUT2D eigenvalue weighted by Crippen LogP contribution is -2.30. The minimum absolute atomic E-state index is 0.297. The van der Waals surface area contributed by atoms with E-state index in [0.717, 1.165) is 0 Å². The molecule has 0 aromatic heterocycles. The Morgan fingerprint density at radius 2 is 2.36 bits per heavy atom. The summed E-state index contributed by atoms with van der Waals surface area (Å²) in [5.74, 6) is 0. The van der Waals surface area contributed by atoms with Crippen molar-refractivity contribution in [2.75, 3.05) is 20.3 Å². The molecule has 66 valence electrons. The first-order valence-electron chi connectivity index (χ1n) is 3.37. The highest BCUT2D eigenvalue weighted by molar-refractivity contribution is 6.36. The van der Waals surface area contributed by atoms with Gasteiger partial charge in [0.15, 0.2) is 0 Å². The average Bonchev–Trinajstić information content (AvgIpc) is 2.01. The third kappa shape index (κ3) is 6.63. The fourth-order valence-electron chi connectivity index (χ4n) is 0.619. The van der Waals surface area contributed by atoms with Crippen molar-refractivity contribution in [3.8, 4) is 0 Å². The molecule has 1 atom stereocenters. The van der Waals surface area contributed by atoms with Crippen LogP contribution in [0.4, 0.5) is 0 Å². The van der Waals surface area contributed by atoms with Crippen LogP contribution in [0.25, 0.3) is 0 Å². The maximum absolute atomic E-state index is 5.64. The van der Waals surface area contributed by atoms with Gasteiger partial charge in [0.25, 0.3) is 0 Å². The molecule has 1 unspecified atom stereocenters. The Labute approximate surface area is 77.5 Å². The largest absolute Gasteiger partial charge is 0.383 e. The molecule has 0 aliphatic rings. The topological polar surface area (TPSA) is 21.3 Å². The molecule has 0 saturated carbocycles. The fraction of sp³-hybridized carbons (Fsp3) is 0.714. The second-order valence-electron chi connectivity index (χ2n) is 2.29. The maximum atomic E-state index is 5.64. The number of ether oxygens (including phenoxy) is 1. The smallest absolute Gasteiger partial charge is 0.0613 e. The number of halogens is 2. The van der Waals surface area contributed by atoms with Crippen molar-refractivity contribution in [3.63, 3.8) is 0 Å². The summed E-state index contributed by atoms with van der Waals surface area (Å²) in [6, 6.07) is 0.297. The second kappa shape index (κ2) is 6.92. The molecule has 0 rings (SSSR count). The third-order valence-electron chi connectivity index (χ3n) is 1.15. The molecular formula is C7H13Cl2NO. The minimum Gasteiger partial charge on any atom is -0.383 e. The zero-order valence-corrected chi connectivity index (χ0v) is 8.24. The summed E-state index contributed by atoms with van der Waals surface area (Å²) in [5.41, 5.74) is 1.36. The highest BCUT2D eigenvalue weighted by atomic mass is 35.5. The van der Waals surface area contributed by atoms with E-state index in [1.807, 2.05) is 6.92 Å². The molecule has 0 fully saturated rings. The molecule has 11 heavy (non-hydrogen) atoms. The molecule has 0 amide bonds. The molecule has 0 radical (unpaired) electrons. The number of rotatable bonds is 5. The zero-order valence-electron chi connectivity index (χ0n) is 6.73. The molecule has 0 spiro atoms. The van der Waals surface area contributed by atoms with E-state index in [9.17, 15) is 0 Å². The minimum atomic E-state index is 0.297. The van der Waals surface area contributed by atoms with Crippen molar-refractivity contribution >= 4 is 23.2 Å². The van der Waals surface area contributed by atoms with Gasteiger partial charge in [0, 0.05) is 30.3 Å². The maximum Gasteiger partial charge on any atom is 0.0613 e. The Bertz CT molecular complexity index is 128. The van der Waals surface area contributed by atoms with E-state index < -0.39 is 0 Å². The van der Waals surface area contributed by atoms with Gasteiger partial charge in [-0.3, -0.25) is 0 Å². The predicted molar refractivity (Wildman–Crippen MR) is 49.1 cm³/mol. The van der Waals surface area contributed by atoms with Crippen molar-refractivity contribution in [1.29, 1.82) is 0 Å². The van der Waals surface area contributed by atoms with Gasteiger partial charge < -0.3 is 10.1 Å². The average molecular weight is 198 g/mol. The SMILES string of the molecule is COCC(C)NCC(Cl)=CCl. The lowest BCUT2D eigenvalue weighted by Gasteiger charge is -2.11. The second-order valence-corrected chi connectivity index (χ2v) is 3.00. The lowest BCUT2D eigenvalue weighted by molar-refractivity contribution is 0.174. The Hall–Kier alpha value is 0.240. The molecule has 2 nitrogen and oxygen atoms in total. The van der Waals surface area contributed by atoms with E-state index >= 15 is 0 Å². The monoisotopic (exact) mass is 197 g/mol. The summed E-state index contributed by atoms with van der Waals surface area (Å²) in [7, 11) is 1.66. The van der Waals surface area contributed by atoms with E-state index in [2.05, 4.69) is 5.32 Å². The van der Waals surface area contributed by atoms with Gasteiger partial charge in [0.05, 0.1) is 6.61 Å². The van der Waals surface area contributed by atoms with Crippen LogP contribution in [0.15, 0.2) is 10.6 Å². The van der Waals surface area contributed by atoms with Crippen LogP contribution in [0.1, 0.15) is 6.92 Å². The summed E-state index contributed by atoms with van der Waals surface area (Å²) < 4.78 is 4.91. The molecule has 0 heterocycles. The first-order valence-corrected chi connectivity index (χ1v) is 4.19. The summed E-state index contributed by atoms with van der Waals surface area (Å²) in [4.78, 5) is 0. The van der Waals surface area contributed by atoms with Crippen LogP contribution in [-0.4, -0.2) is 26.3 Å². The fourth-order valence-corrected chi connectivity index (χ4v) is 0.774. The van der Waals surface area contributed by atoms with Crippen LogP contribution in [0.2, 0.25) is 0 Å². The van der Waals surface area contributed by atoms with Gasteiger partial charge in [-0.1, -0.05) is 23.2 Å². The van der Waals surface area contributed by atoms with Gasteiger partial charge in [0.1, 0.15) is 0 Å². The van der Waals surface area contributed by atoms with Crippen molar-refractivity contribution in [3.05, 3.63) is 10.6 Å². The van der Waals surface area contributed by atoms with Crippen LogP contribution in [-0.2, 0) is 4.74 Å². The normalized spacial score (nSPS) is 15.1. The van der Waals surface area contributed by atoms with Gasteiger partial charge in [-0.2, -0.15) is 0 Å². The van der Waals surface area contributed by atoms with E-state index in [1.54, 1.807) is 7.11 Å². The number of nitrogens with one attached hydrogen (secondary N) is 1. The van der Waals surface area contributed by atoms with Gasteiger partial charge >= 0.3 is 0 Å². The van der Waals surface area contributed by atoms with Crippen LogP contribution in [0, 0.1) is 0 Å². The Kier molecular flexibility index (Phi) is 7.07. The zero-order chi connectivity index (χ0) is 8.69. The molecule has 0 aliphatic carbocycles. The van der Waals surface area contributed by atoms with Crippen LogP contribution < -0.4 is 5.32 Å². The molecule has 1 N–H and O–H groups in total. The molecule has 0 bridgehead atoms. The van der Waals surface area contributed by atoms with E-state index in [0.29, 0.717) is 24.2 Å². The first-order chi connectivity index (χ1) is 5.20. The molecule has 0 aliphatic heterocycles. The van der Waals surface area contributed by atoms with Crippen LogP contribution >= 0.6 is 23.2 Å². The molecule has 0 aromatic rings. The molecular weight excluding hydrogens is 185 g/mol.